The SMILES string of the molecule is CC1(C)c2cc(N(c3ccccc3)c3ccccc3)ccc2-c2cc3c(cc21)-c1ccc(N(c2ccccc2)c2ccc(-c4ccc(N(c5ccccc5)c5ccc(N(c6ccc(-c7ccc(N(c8ccc(N(c9ccccc9)c9ccccc9)cc8)c8ccc9ccccc9c8)cc7)cc6)c6cccc7ccccc67)cc5)cc4)cc2)cc1C3(C)C. The highest BCUT2D eigenvalue weighted by molar-refractivity contribution is 6.00. The Morgan fingerprint density at radius 1 is 0.148 bits per heavy atom. The Kier molecular flexibility index (Phi) is 18.9. The Balaban J connectivity index is 0.553. The van der Waals surface area contributed by atoms with E-state index < -0.39 is 0 Å². The maximum absolute atomic E-state index is 2.53. The maximum Gasteiger partial charge on any atom is 0.0540 e. The van der Waals surface area contributed by atoms with Crippen molar-refractivity contribution >= 4 is 124 Å². The molecule has 2 aliphatic rings. The molecule has 0 heterocycles. The molecule has 0 bridgehead atoms. The number of para-hydroxylation sites is 6. The third-order valence-electron chi connectivity index (χ3n) is 24.9. The molecule has 0 saturated heterocycles. The number of hydrogen-bond acceptors (Lipinski definition) is 6. The van der Waals surface area contributed by atoms with Gasteiger partial charge >= 0.3 is 0 Å². The Hall–Kier alpha value is -15.5. The molecule has 0 aromatic heterocycles. The van der Waals surface area contributed by atoms with Gasteiger partial charge in [0.2, 0.25) is 0 Å². The van der Waals surface area contributed by atoms with Crippen molar-refractivity contribution in [2.75, 3.05) is 29.4 Å². The van der Waals surface area contributed by atoms with E-state index in [1.54, 1.807) is 0 Å². The van der Waals surface area contributed by atoms with E-state index in [9.17, 15) is 0 Å². The standard InChI is InChI=1S/C116H88N6/c1-115(2)110-77-103(119(91-38-17-8-18-39-91)92-40-19-9-20-41-92)72-74-106(110)108-79-113-109(80-112(108)115)107-75-73-104(78-111(107)116(113,3)4)120(93-42-21-10-22-43-93)95-57-48-83(49-58-95)82-46-55-94(56-47-82)118(90-36-15-7-16-37-90)98-68-70-101(71-69-98)122(114-45-27-31-86-29-25-26-44-105(86)114)100-61-52-85(53-62-100)84-50-59-96(60-51-84)121(102-63-54-81-28-23-24-30-87(81)76-102)99-66-64-97(65-67-99)117(88-32-11-5-12-33-88)89-34-13-6-14-35-89/h5-80H,1-4H3. The molecule has 0 atom stereocenters. The van der Waals surface area contributed by atoms with Gasteiger partial charge in [0, 0.05) is 113 Å². The van der Waals surface area contributed by atoms with Crippen LogP contribution in [0.5, 0.6) is 0 Å². The molecule has 0 radical (unpaired) electrons. The molecule has 0 unspecified atom stereocenters. The molecule has 0 fully saturated rings. The van der Waals surface area contributed by atoms with Gasteiger partial charge in [0.05, 0.1) is 5.69 Å². The first-order valence-corrected chi connectivity index (χ1v) is 42.2. The minimum Gasteiger partial charge on any atom is -0.311 e. The predicted octanol–water partition coefficient (Wildman–Crippen LogP) is 32.8. The summed E-state index contributed by atoms with van der Waals surface area (Å²) in [6, 6.07) is 168. The number of nitrogens with zero attached hydrogens (tertiary/aromatic N) is 6. The van der Waals surface area contributed by atoms with Gasteiger partial charge < -0.3 is 29.4 Å². The fraction of sp³-hybridized carbons (Fsp3) is 0.0517. The Labute approximate surface area is 714 Å². The Bertz CT molecular complexity index is 6920. The van der Waals surface area contributed by atoms with Crippen LogP contribution in [-0.2, 0) is 10.8 Å². The van der Waals surface area contributed by atoms with Crippen LogP contribution >= 0.6 is 0 Å². The van der Waals surface area contributed by atoms with E-state index in [1.165, 1.54) is 66.1 Å². The Morgan fingerprint density at radius 3 is 0.713 bits per heavy atom. The normalized spacial score (nSPS) is 12.6. The predicted molar refractivity (Wildman–Crippen MR) is 516 cm³/mol. The number of fused-ring (bicyclic) bond motifs is 8. The van der Waals surface area contributed by atoms with Crippen molar-refractivity contribution < 1.29 is 0 Å². The van der Waals surface area contributed by atoms with Crippen LogP contribution in [0.2, 0.25) is 0 Å². The smallest absolute Gasteiger partial charge is 0.0540 e. The van der Waals surface area contributed by atoms with E-state index in [4.69, 9.17) is 0 Å². The average molecular weight is 1570 g/mol. The summed E-state index contributed by atoms with van der Waals surface area (Å²) in [6.45, 7) is 9.63. The monoisotopic (exact) mass is 1560 g/mol. The summed E-state index contributed by atoms with van der Waals surface area (Å²) in [6.07, 6.45) is 0. The van der Waals surface area contributed by atoms with E-state index in [0.29, 0.717) is 0 Å². The van der Waals surface area contributed by atoms with Crippen molar-refractivity contribution in [2.24, 2.45) is 0 Å². The highest BCUT2D eigenvalue weighted by Crippen LogP contribution is 2.58. The zero-order chi connectivity index (χ0) is 81.8. The van der Waals surface area contributed by atoms with Gasteiger partial charge in [-0.15, -0.1) is 0 Å². The molecular formula is C116H88N6. The molecule has 0 amide bonds. The Morgan fingerprint density at radius 2 is 0.377 bits per heavy atom. The summed E-state index contributed by atoms with van der Waals surface area (Å²) in [4.78, 5) is 14.2. The first-order valence-electron chi connectivity index (χ1n) is 42.2. The van der Waals surface area contributed by atoms with Crippen LogP contribution in [0.1, 0.15) is 49.9 Å². The second-order valence-corrected chi connectivity index (χ2v) is 32.9. The van der Waals surface area contributed by atoms with Crippen LogP contribution in [0.25, 0.3) is 66.1 Å². The van der Waals surface area contributed by atoms with E-state index in [0.717, 1.165) is 125 Å². The van der Waals surface area contributed by atoms with Crippen molar-refractivity contribution in [1.82, 2.24) is 0 Å². The summed E-state index contributed by atoms with van der Waals surface area (Å²) < 4.78 is 0. The van der Waals surface area contributed by atoms with Crippen LogP contribution in [-0.4, -0.2) is 0 Å². The van der Waals surface area contributed by atoms with Crippen LogP contribution in [0.4, 0.5) is 102 Å². The van der Waals surface area contributed by atoms with E-state index in [-0.39, 0.29) is 10.8 Å². The van der Waals surface area contributed by atoms with Crippen molar-refractivity contribution in [3.8, 4) is 44.5 Å². The average Bonchev–Trinajstić information content (AvgIpc) is 1.54. The molecule has 6 nitrogen and oxygen atoms in total. The minimum absolute atomic E-state index is 0.225. The topological polar surface area (TPSA) is 19.4 Å². The lowest BCUT2D eigenvalue weighted by Crippen LogP contribution is -2.18. The number of rotatable bonds is 20. The zero-order valence-electron chi connectivity index (χ0n) is 68.6. The second-order valence-electron chi connectivity index (χ2n) is 32.9. The summed E-state index contributed by atoms with van der Waals surface area (Å²) in [5, 5.41) is 4.74. The number of benzene rings is 19. The van der Waals surface area contributed by atoms with Gasteiger partial charge in [-0.05, 0) is 307 Å². The van der Waals surface area contributed by atoms with Crippen molar-refractivity contribution in [3.63, 3.8) is 0 Å². The van der Waals surface area contributed by atoms with E-state index >= 15 is 0 Å². The van der Waals surface area contributed by atoms with Gasteiger partial charge in [0.15, 0.2) is 0 Å². The molecule has 0 saturated carbocycles. The molecule has 21 rings (SSSR count). The van der Waals surface area contributed by atoms with Crippen molar-refractivity contribution in [3.05, 3.63) is 483 Å². The minimum atomic E-state index is -0.261. The lowest BCUT2D eigenvalue weighted by molar-refractivity contribution is 0.652. The first-order chi connectivity index (χ1) is 60.0. The van der Waals surface area contributed by atoms with Crippen LogP contribution in [0.3, 0.4) is 0 Å². The van der Waals surface area contributed by atoms with Gasteiger partial charge in [-0.1, -0.05) is 264 Å². The summed E-state index contributed by atoms with van der Waals surface area (Å²) in [7, 11) is 0. The lowest BCUT2D eigenvalue weighted by Gasteiger charge is -2.29. The van der Waals surface area contributed by atoms with Gasteiger partial charge in [0.25, 0.3) is 0 Å². The molecule has 2 aliphatic carbocycles. The van der Waals surface area contributed by atoms with Gasteiger partial charge in [0.1, 0.15) is 0 Å². The summed E-state index contributed by atoms with van der Waals surface area (Å²) in [5.41, 5.74) is 34.3. The van der Waals surface area contributed by atoms with Gasteiger partial charge in [-0.3, -0.25) is 0 Å². The quantitative estimate of drug-likeness (QED) is 0.0752. The summed E-state index contributed by atoms with van der Waals surface area (Å²) >= 11 is 0. The molecular weight excluding hydrogens is 1480 g/mol. The highest BCUT2D eigenvalue weighted by atomic mass is 15.2. The van der Waals surface area contributed by atoms with E-state index in [2.05, 4.69) is 518 Å². The van der Waals surface area contributed by atoms with Crippen LogP contribution in [0.15, 0.2) is 461 Å². The molecule has 122 heavy (non-hydrogen) atoms. The molecule has 0 N–H and O–H groups in total. The number of anilines is 18. The molecule has 19 aromatic rings. The molecule has 6 heteroatoms. The van der Waals surface area contributed by atoms with Gasteiger partial charge in [-0.2, -0.15) is 0 Å². The van der Waals surface area contributed by atoms with Crippen LogP contribution in [0, 0.1) is 0 Å². The largest absolute Gasteiger partial charge is 0.311 e. The summed E-state index contributed by atoms with van der Waals surface area (Å²) in [5.74, 6) is 0. The van der Waals surface area contributed by atoms with Crippen molar-refractivity contribution in [2.45, 2.75) is 38.5 Å². The van der Waals surface area contributed by atoms with Crippen molar-refractivity contribution in [1.29, 1.82) is 0 Å². The molecule has 0 aliphatic heterocycles. The number of hydrogen-bond donors (Lipinski definition) is 0. The highest BCUT2D eigenvalue weighted by Gasteiger charge is 2.43. The van der Waals surface area contributed by atoms with Gasteiger partial charge in [-0.25, -0.2) is 0 Å². The third kappa shape index (κ3) is 13.5. The first kappa shape index (κ1) is 74.1. The molecule has 582 valence electrons. The fourth-order valence-corrected chi connectivity index (χ4v) is 18.8. The molecule has 19 aromatic carbocycles. The zero-order valence-corrected chi connectivity index (χ0v) is 68.6. The lowest BCUT2D eigenvalue weighted by atomic mass is 9.79. The maximum atomic E-state index is 2.53. The van der Waals surface area contributed by atoms with Crippen LogP contribution < -0.4 is 29.4 Å². The second kappa shape index (κ2) is 31.1. The van der Waals surface area contributed by atoms with E-state index in [1.807, 2.05) is 0 Å². The third-order valence-corrected chi connectivity index (χ3v) is 24.9. The fourth-order valence-electron chi connectivity index (χ4n) is 18.8. The molecule has 0 spiro atoms.